The number of nitro benzene ring substituents is 1. The van der Waals surface area contributed by atoms with Crippen LogP contribution in [0.25, 0.3) is 17.0 Å². The van der Waals surface area contributed by atoms with Gasteiger partial charge in [0.05, 0.1) is 50.4 Å². The molecule has 0 aliphatic carbocycles. The van der Waals surface area contributed by atoms with Crippen molar-refractivity contribution in [1.29, 1.82) is 0 Å². The minimum atomic E-state index is -4.26. The lowest BCUT2D eigenvalue weighted by Crippen LogP contribution is -2.40. The van der Waals surface area contributed by atoms with Gasteiger partial charge in [0, 0.05) is 29.3 Å². The predicted molar refractivity (Wildman–Crippen MR) is 176 cm³/mol. The Morgan fingerprint density at radius 3 is 2.49 bits per heavy atom. The summed E-state index contributed by atoms with van der Waals surface area (Å²) in [6, 6.07) is 17.8. The topological polar surface area (TPSA) is 152 Å². The van der Waals surface area contributed by atoms with Crippen molar-refractivity contribution >= 4 is 50.0 Å². The second-order valence-corrected chi connectivity index (χ2v) is 13.8. The molecule has 47 heavy (non-hydrogen) atoms. The Labute approximate surface area is 272 Å². The third kappa shape index (κ3) is 5.66. The number of esters is 1. The van der Waals surface area contributed by atoms with Gasteiger partial charge in [-0.2, -0.15) is 0 Å². The summed E-state index contributed by atoms with van der Waals surface area (Å²) in [5.41, 5.74) is 1.23. The molecule has 0 radical (unpaired) electrons. The summed E-state index contributed by atoms with van der Waals surface area (Å²) in [6.45, 7) is 5.17. The maximum atomic E-state index is 14.2. The van der Waals surface area contributed by atoms with E-state index in [0.717, 1.165) is 21.4 Å². The number of non-ortho nitro benzene ring substituents is 1. The van der Waals surface area contributed by atoms with Gasteiger partial charge in [-0.15, -0.1) is 0 Å². The smallest absolute Gasteiger partial charge is 0.338 e. The highest BCUT2D eigenvalue weighted by Gasteiger charge is 2.34. The maximum absolute atomic E-state index is 14.2. The minimum Gasteiger partial charge on any atom is -0.497 e. The molecule has 0 N–H and O–H groups in total. The number of benzene rings is 3. The van der Waals surface area contributed by atoms with Gasteiger partial charge in [0.2, 0.25) is 0 Å². The molecule has 6 rings (SSSR count). The molecule has 2 aromatic heterocycles. The number of carbonyl (C=O) groups is 1. The molecule has 0 spiro atoms. The maximum Gasteiger partial charge on any atom is 0.338 e. The standard InChI is InChI=1S/C33H28N4O8S2/c1-19(2)45-32(39)29-20(3)34-33-36(30(29)21-12-14-24(44-4)15-13-21)31(38)28(46-33)16-22-18-35(27-11-6-5-10-26(22)27)47(42,43)25-9-7-8-23(17-25)37(40)41/h5-19,30H,1-4H3/b28-16-. The van der Waals surface area contributed by atoms with E-state index in [2.05, 4.69) is 4.99 Å². The second-order valence-electron chi connectivity index (χ2n) is 11.0. The van der Waals surface area contributed by atoms with Crippen LogP contribution < -0.4 is 19.6 Å². The van der Waals surface area contributed by atoms with Crippen LogP contribution in [0.2, 0.25) is 0 Å². The summed E-state index contributed by atoms with van der Waals surface area (Å²) < 4.78 is 41.1. The van der Waals surface area contributed by atoms with Crippen molar-refractivity contribution in [3.63, 3.8) is 0 Å². The number of thiazole rings is 1. The van der Waals surface area contributed by atoms with Crippen molar-refractivity contribution < 1.29 is 27.6 Å². The fourth-order valence-electron chi connectivity index (χ4n) is 5.46. The average molecular weight is 673 g/mol. The fraction of sp³-hybridized carbons (Fsp3) is 0.182. The highest BCUT2D eigenvalue weighted by molar-refractivity contribution is 7.90. The zero-order valence-corrected chi connectivity index (χ0v) is 27.2. The van der Waals surface area contributed by atoms with E-state index in [1.165, 1.54) is 29.0 Å². The van der Waals surface area contributed by atoms with E-state index in [9.17, 15) is 28.1 Å². The molecule has 0 saturated carbocycles. The van der Waals surface area contributed by atoms with Crippen molar-refractivity contribution in [3.8, 4) is 5.75 Å². The molecule has 3 heterocycles. The number of carbonyl (C=O) groups excluding carboxylic acids is 1. The first-order valence-corrected chi connectivity index (χ1v) is 16.6. The van der Waals surface area contributed by atoms with E-state index in [0.29, 0.717) is 38.3 Å². The molecule has 1 unspecified atom stereocenters. The van der Waals surface area contributed by atoms with Crippen LogP contribution in [-0.2, 0) is 19.6 Å². The lowest BCUT2D eigenvalue weighted by atomic mass is 9.96. The number of nitrogens with zero attached hydrogens (tertiary/aromatic N) is 4. The van der Waals surface area contributed by atoms with E-state index in [1.807, 2.05) is 0 Å². The molecule has 0 bridgehead atoms. The van der Waals surface area contributed by atoms with Crippen LogP contribution in [0.4, 0.5) is 5.69 Å². The number of nitro groups is 1. The molecule has 0 fully saturated rings. The first-order valence-electron chi connectivity index (χ1n) is 14.4. The molecule has 3 aromatic carbocycles. The van der Waals surface area contributed by atoms with Gasteiger partial charge in [-0.1, -0.05) is 47.7 Å². The van der Waals surface area contributed by atoms with Crippen molar-refractivity contribution in [2.24, 2.45) is 4.99 Å². The van der Waals surface area contributed by atoms with E-state index >= 15 is 0 Å². The summed E-state index contributed by atoms with van der Waals surface area (Å²) in [4.78, 5) is 43.0. The number of hydrogen-bond donors (Lipinski definition) is 0. The van der Waals surface area contributed by atoms with E-state index < -0.39 is 38.6 Å². The number of rotatable bonds is 8. The third-order valence-corrected chi connectivity index (χ3v) is 10.2. The van der Waals surface area contributed by atoms with Gasteiger partial charge in [-0.05, 0) is 56.7 Å². The summed E-state index contributed by atoms with van der Waals surface area (Å²) in [5.74, 6) is 0.00962. The molecule has 1 aliphatic rings. The van der Waals surface area contributed by atoms with Crippen LogP contribution in [0, 0.1) is 10.1 Å². The number of para-hydroxylation sites is 1. The first-order chi connectivity index (χ1) is 22.4. The Hall–Kier alpha value is -5.34. The van der Waals surface area contributed by atoms with E-state index in [-0.39, 0.29) is 20.7 Å². The first kappa shape index (κ1) is 31.6. The van der Waals surface area contributed by atoms with Crippen molar-refractivity contribution in [1.82, 2.24) is 8.54 Å². The highest BCUT2D eigenvalue weighted by atomic mass is 32.2. The van der Waals surface area contributed by atoms with Gasteiger partial charge in [-0.3, -0.25) is 19.5 Å². The molecule has 5 aromatic rings. The molecule has 1 atom stereocenters. The summed E-state index contributed by atoms with van der Waals surface area (Å²) in [6.07, 6.45) is 2.57. The summed E-state index contributed by atoms with van der Waals surface area (Å²) >= 11 is 1.10. The van der Waals surface area contributed by atoms with E-state index in [1.54, 1.807) is 82.5 Å². The highest BCUT2D eigenvalue weighted by Crippen LogP contribution is 2.32. The SMILES string of the molecule is COc1ccc(C2C(C(=O)OC(C)C)=C(C)N=c3s/c(=C\c4cn(S(=O)(=O)c5cccc([N+](=O)[O-])c5)c5ccccc45)c(=O)n32)cc1. The quantitative estimate of drug-likeness (QED) is 0.135. The van der Waals surface area contributed by atoms with Crippen molar-refractivity contribution in [3.05, 3.63) is 131 Å². The lowest BCUT2D eigenvalue weighted by Gasteiger charge is -2.25. The van der Waals surface area contributed by atoms with Crippen LogP contribution in [0.1, 0.15) is 37.9 Å². The fourth-order valence-corrected chi connectivity index (χ4v) is 7.92. The van der Waals surface area contributed by atoms with Gasteiger partial charge in [0.15, 0.2) is 4.80 Å². The van der Waals surface area contributed by atoms with Gasteiger partial charge in [-0.25, -0.2) is 22.2 Å². The molecule has 1 aliphatic heterocycles. The number of allylic oxidation sites excluding steroid dienone is 1. The largest absolute Gasteiger partial charge is 0.497 e. The van der Waals surface area contributed by atoms with Crippen LogP contribution in [0.5, 0.6) is 5.75 Å². The second kappa shape index (κ2) is 12.1. The molecule has 0 saturated heterocycles. The predicted octanol–water partition coefficient (Wildman–Crippen LogP) is 4.30. The zero-order chi connectivity index (χ0) is 33.6. The Balaban J connectivity index is 1.54. The summed E-state index contributed by atoms with van der Waals surface area (Å²) in [7, 11) is -2.72. The molecule has 14 heteroatoms. The number of aromatic nitrogens is 2. The molecule has 0 amide bonds. The molecular weight excluding hydrogens is 645 g/mol. The van der Waals surface area contributed by atoms with Gasteiger partial charge in [0.25, 0.3) is 21.3 Å². The van der Waals surface area contributed by atoms with Crippen LogP contribution in [0.3, 0.4) is 0 Å². The van der Waals surface area contributed by atoms with Crippen molar-refractivity contribution in [2.75, 3.05) is 7.11 Å². The lowest BCUT2D eigenvalue weighted by molar-refractivity contribution is -0.385. The van der Waals surface area contributed by atoms with Crippen molar-refractivity contribution in [2.45, 2.75) is 37.8 Å². The zero-order valence-electron chi connectivity index (χ0n) is 25.6. The van der Waals surface area contributed by atoms with Gasteiger partial charge < -0.3 is 9.47 Å². The third-order valence-electron chi connectivity index (χ3n) is 7.60. The average Bonchev–Trinajstić information content (AvgIpc) is 3.57. The Kier molecular flexibility index (Phi) is 8.15. The molecule has 240 valence electrons. The number of ether oxygens (including phenoxy) is 2. The Morgan fingerprint density at radius 1 is 1.09 bits per heavy atom. The summed E-state index contributed by atoms with van der Waals surface area (Å²) in [5, 5.41) is 11.9. The van der Waals surface area contributed by atoms with Gasteiger partial charge in [0.1, 0.15) is 5.75 Å². The monoisotopic (exact) mass is 672 g/mol. The number of fused-ring (bicyclic) bond motifs is 2. The van der Waals surface area contributed by atoms with Crippen LogP contribution >= 0.6 is 11.3 Å². The van der Waals surface area contributed by atoms with Gasteiger partial charge >= 0.3 is 5.97 Å². The Morgan fingerprint density at radius 2 is 1.81 bits per heavy atom. The number of methoxy groups -OCH3 is 1. The van der Waals surface area contributed by atoms with E-state index in [4.69, 9.17) is 9.47 Å². The number of hydrogen-bond acceptors (Lipinski definition) is 10. The van der Waals surface area contributed by atoms with Crippen LogP contribution in [0.15, 0.2) is 105 Å². The minimum absolute atomic E-state index is 0.225. The Bertz CT molecular complexity index is 2400. The normalized spacial score (nSPS) is 15.1. The molecular formula is C33H28N4O8S2. The molecule has 12 nitrogen and oxygen atoms in total. The van der Waals surface area contributed by atoms with Crippen LogP contribution in [-0.4, -0.2) is 41.1 Å².